The first kappa shape index (κ1) is 19.0. The average Bonchev–Trinajstić information content (AvgIpc) is 3.36. The lowest BCUT2D eigenvalue weighted by molar-refractivity contribution is -0.113. The summed E-state index contributed by atoms with van der Waals surface area (Å²) in [6, 6.07) is 7.39. The van der Waals surface area contributed by atoms with E-state index >= 15 is 0 Å². The van der Waals surface area contributed by atoms with Crippen LogP contribution >= 0.6 is 34.9 Å². The maximum Gasteiger partial charge on any atom is 0.277 e. The van der Waals surface area contributed by atoms with E-state index in [2.05, 4.69) is 25.7 Å². The molecule has 146 valence electrons. The summed E-state index contributed by atoms with van der Waals surface area (Å²) < 4.78 is 17.9. The molecule has 1 aliphatic heterocycles. The Morgan fingerprint density at radius 1 is 1.21 bits per heavy atom. The van der Waals surface area contributed by atoms with Crippen LogP contribution in [-0.2, 0) is 4.79 Å². The van der Waals surface area contributed by atoms with E-state index in [-0.39, 0.29) is 23.5 Å². The summed E-state index contributed by atoms with van der Waals surface area (Å²) in [5, 5.41) is 19.4. The van der Waals surface area contributed by atoms with Gasteiger partial charge in [0.2, 0.25) is 17.1 Å². The van der Waals surface area contributed by atoms with Gasteiger partial charge in [-0.15, -0.1) is 20.4 Å². The number of hydrogen-bond donors (Lipinski definition) is 1. The Morgan fingerprint density at radius 3 is 2.93 bits per heavy atom. The van der Waals surface area contributed by atoms with Crippen molar-refractivity contribution >= 4 is 45.9 Å². The molecule has 1 aliphatic rings. The van der Waals surface area contributed by atoms with Gasteiger partial charge in [0, 0.05) is 0 Å². The van der Waals surface area contributed by atoms with Crippen LogP contribution < -0.4 is 14.8 Å². The van der Waals surface area contributed by atoms with Crippen LogP contribution in [0.15, 0.2) is 38.2 Å². The minimum Gasteiger partial charge on any atom is -0.485 e. The topological polar surface area (TPSA) is 112 Å². The third-order valence-electron chi connectivity index (χ3n) is 3.45. The van der Waals surface area contributed by atoms with Gasteiger partial charge in [-0.05, 0) is 17.9 Å². The van der Waals surface area contributed by atoms with Crippen LogP contribution in [0.25, 0.3) is 0 Å². The number of aromatic nitrogens is 4. The van der Waals surface area contributed by atoms with E-state index in [0.29, 0.717) is 22.5 Å². The molecule has 9 nitrogen and oxygen atoms in total. The van der Waals surface area contributed by atoms with E-state index in [1.807, 2.05) is 31.2 Å². The number of hydrogen-bond acceptors (Lipinski definition) is 11. The molecule has 0 fully saturated rings. The van der Waals surface area contributed by atoms with E-state index in [1.165, 1.54) is 11.3 Å². The van der Waals surface area contributed by atoms with Crippen molar-refractivity contribution in [2.45, 2.75) is 22.6 Å². The van der Waals surface area contributed by atoms with E-state index in [4.69, 9.17) is 13.9 Å². The molecule has 4 rings (SSSR count). The monoisotopic (exact) mass is 437 g/mol. The Balaban J connectivity index is 1.29. The van der Waals surface area contributed by atoms with Gasteiger partial charge in [0.1, 0.15) is 6.61 Å². The standard InChI is InChI=1S/C16H15N5O4S3/c1-2-26-16-21-19-14(28-16)17-12(22)8-27-15-20-18-13(25-15)11-7-23-9-5-3-4-6-10(9)24-11/h3-6,11H,2,7-8H2,1H3,(H,17,19,22)/t11-/m0/s1. The molecule has 12 heteroatoms. The number of benzene rings is 1. The number of nitrogens with one attached hydrogen (secondary N) is 1. The number of ether oxygens (including phenoxy) is 2. The Hall–Kier alpha value is -2.31. The molecule has 28 heavy (non-hydrogen) atoms. The van der Waals surface area contributed by atoms with Gasteiger partial charge in [-0.25, -0.2) is 0 Å². The molecule has 0 radical (unpaired) electrons. The molecule has 0 aliphatic carbocycles. The number of rotatable bonds is 7. The van der Waals surface area contributed by atoms with Crippen molar-refractivity contribution in [3.63, 3.8) is 0 Å². The maximum absolute atomic E-state index is 12.1. The van der Waals surface area contributed by atoms with Crippen LogP contribution in [-0.4, -0.2) is 44.4 Å². The van der Waals surface area contributed by atoms with E-state index in [0.717, 1.165) is 21.9 Å². The van der Waals surface area contributed by atoms with Crippen molar-refractivity contribution in [2.75, 3.05) is 23.4 Å². The number of carbonyl (C=O) groups excluding carboxylic acids is 1. The van der Waals surface area contributed by atoms with Gasteiger partial charge in [0.05, 0.1) is 5.75 Å². The predicted molar refractivity (Wildman–Crippen MR) is 105 cm³/mol. The van der Waals surface area contributed by atoms with Crippen molar-refractivity contribution in [1.29, 1.82) is 0 Å². The summed E-state index contributed by atoms with van der Waals surface area (Å²) >= 11 is 4.06. The minimum absolute atomic E-state index is 0.113. The second-order valence-electron chi connectivity index (χ2n) is 5.41. The molecule has 1 amide bonds. The number of fused-ring (bicyclic) bond motifs is 1. The van der Waals surface area contributed by atoms with E-state index < -0.39 is 6.10 Å². The first-order chi connectivity index (χ1) is 13.7. The van der Waals surface area contributed by atoms with Gasteiger partial charge in [-0.1, -0.05) is 53.9 Å². The Kier molecular flexibility index (Phi) is 5.98. The highest BCUT2D eigenvalue weighted by Gasteiger charge is 2.27. The van der Waals surface area contributed by atoms with Crippen molar-refractivity contribution < 1.29 is 18.7 Å². The summed E-state index contributed by atoms with van der Waals surface area (Å²) in [5.74, 6) is 2.41. The van der Waals surface area contributed by atoms with Crippen LogP contribution in [0.1, 0.15) is 18.9 Å². The van der Waals surface area contributed by atoms with Crippen LogP contribution in [0.4, 0.5) is 5.13 Å². The van der Waals surface area contributed by atoms with Gasteiger partial charge < -0.3 is 13.9 Å². The quantitative estimate of drug-likeness (QED) is 0.436. The molecule has 0 spiro atoms. The fourth-order valence-corrected chi connectivity index (χ4v) is 4.51. The number of amides is 1. The van der Waals surface area contributed by atoms with Gasteiger partial charge in [0.15, 0.2) is 15.8 Å². The van der Waals surface area contributed by atoms with Crippen LogP contribution in [0.2, 0.25) is 0 Å². The average molecular weight is 438 g/mol. The van der Waals surface area contributed by atoms with Crippen LogP contribution in [0, 0.1) is 0 Å². The van der Waals surface area contributed by atoms with Crippen molar-refractivity contribution in [2.24, 2.45) is 0 Å². The zero-order valence-electron chi connectivity index (χ0n) is 14.7. The highest BCUT2D eigenvalue weighted by Crippen LogP contribution is 2.36. The van der Waals surface area contributed by atoms with Crippen molar-refractivity contribution in [1.82, 2.24) is 20.4 Å². The lowest BCUT2D eigenvalue weighted by Gasteiger charge is -2.23. The molecular weight excluding hydrogens is 422 g/mol. The summed E-state index contributed by atoms with van der Waals surface area (Å²) in [7, 11) is 0. The van der Waals surface area contributed by atoms with Gasteiger partial charge >= 0.3 is 0 Å². The predicted octanol–water partition coefficient (Wildman–Crippen LogP) is 3.28. The molecular formula is C16H15N5O4S3. The summed E-state index contributed by atoms with van der Waals surface area (Å²) in [6.45, 7) is 2.31. The maximum atomic E-state index is 12.1. The molecule has 0 bridgehead atoms. The normalized spacial score (nSPS) is 15.4. The molecule has 0 saturated carbocycles. The third-order valence-corrected chi connectivity index (χ3v) is 6.13. The fourth-order valence-electron chi connectivity index (χ4n) is 2.27. The van der Waals surface area contributed by atoms with Crippen LogP contribution in [0.5, 0.6) is 11.5 Å². The Morgan fingerprint density at radius 2 is 2.07 bits per heavy atom. The fraction of sp³-hybridized carbons (Fsp3) is 0.312. The first-order valence-electron chi connectivity index (χ1n) is 8.32. The Labute approximate surface area is 172 Å². The van der Waals surface area contributed by atoms with Gasteiger partial charge in [-0.2, -0.15) is 0 Å². The highest BCUT2D eigenvalue weighted by atomic mass is 32.2. The smallest absolute Gasteiger partial charge is 0.277 e. The second kappa shape index (κ2) is 8.80. The zero-order chi connectivity index (χ0) is 19.3. The van der Waals surface area contributed by atoms with Gasteiger partial charge in [0.25, 0.3) is 11.1 Å². The molecule has 1 atom stereocenters. The van der Waals surface area contributed by atoms with E-state index in [1.54, 1.807) is 11.8 Å². The number of nitrogens with zero attached hydrogens (tertiary/aromatic N) is 4. The second-order valence-corrected chi connectivity index (χ2v) is 8.83. The zero-order valence-corrected chi connectivity index (χ0v) is 17.1. The number of anilines is 1. The molecule has 0 unspecified atom stereocenters. The highest BCUT2D eigenvalue weighted by molar-refractivity contribution is 8.01. The lowest BCUT2D eigenvalue weighted by Crippen LogP contribution is -2.21. The van der Waals surface area contributed by atoms with E-state index in [9.17, 15) is 4.79 Å². The first-order valence-corrected chi connectivity index (χ1v) is 11.1. The van der Waals surface area contributed by atoms with Crippen molar-refractivity contribution in [3.8, 4) is 11.5 Å². The minimum atomic E-state index is -0.485. The Bertz CT molecular complexity index is 963. The number of thioether (sulfide) groups is 2. The largest absolute Gasteiger partial charge is 0.485 e. The molecule has 3 aromatic rings. The summed E-state index contributed by atoms with van der Waals surface area (Å²) in [4.78, 5) is 12.1. The lowest BCUT2D eigenvalue weighted by atomic mass is 10.2. The van der Waals surface area contributed by atoms with Crippen LogP contribution in [0.3, 0.4) is 0 Å². The van der Waals surface area contributed by atoms with Crippen molar-refractivity contribution in [3.05, 3.63) is 30.2 Å². The summed E-state index contributed by atoms with van der Waals surface area (Å²) in [6.07, 6.45) is -0.485. The molecule has 2 aromatic heterocycles. The number of para-hydroxylation sites is 2. The van der Waals surface area contributed by atoms with Gasteiger partial charge in [-0.3, -0.25) is 10.1 Å². The number of carbonyl (C=O) groups is 1. The SMILES string of the molecule is CCSc1nnc(NC(=O)CSc2nnc([C@@H]3COc4ccccc4O3)o2)s1. The molecule has 0 saturated heterocycles. The molecule has 1 aromatic carbocycles. The summed E-state index contributed by atoms with van der Waals surface area (Å²) in [5.41, 5.74) is 0. The third kappa shape index (κ3) is 4.56. The molecule has 1 N–H and O–H groups in total. The molecule has 3 heterocycles.